The second-order valence-electron chi connectivity index (χ2n) is 12.4. The lowest BCUT2D eigenvalue weighted by Crippen LogP contribution is -2.58. The molecule has 2 aliphatic heterocycles. The number of benzene rings is 1. The minimum atomic E-state index is -1.26. The maximum Gasteiger partial charge on any atom is 0.356 e. The molecule has 2 saturated carbocycles. The molecule has 39 heavy (non-hydrogen) atoms. The van der Waals surface area contributed by atoms with Crippen LogP contribution in [-0.2, 0) is 4.79 Å². The third kappa shape index (κ3) is 5.30. The molecule has 2 N–H and O–H groups in total. The van der Waals surface area contributed by atoms with Crippen molar-refractivity contribution in [1.29, 1.82) is 0 Å². The Morgan fingerprint density at radius 3 is 2.26 bits per heavy atom. The van der Waals surface area contributed by atoms with E-state index in [4.69, 9.17) is 5.11 Å². The van der Waals surface area contributed by atoms with Gasteiger partial charge in [-0.1, -0.05) is 44.2 Å². The van der Waals surface area contributed by atoms with Gasteiger partial charge in [-0.15, -0.1) is 0 Å². The Morgan fingerprint density at radius 2 is 1.59 bits per heavy atom. The van der Waals surface area contributed by atoms with Crippen LogP contribution >= 0.6 is 0 Å². The molecule has 0 unspecified atom stereocenters. The van der Waals surface area contributed by atoms with Crippen molar-refractivity contribution in [2.24, 2.45) is 16.8 Å². The van der Waals surface area contributed by atoms with Crippen LogP contribution in [0, 0.1) is 11.8 Å². The van der Waals surface area contributed by atoms with Crippen molar-refractivity contribution in [2.75, 3.05) is 13.2 Å². The lowest BCUT2D eigenvalue weighted by Gasteiger charge is -2.54. The van der Waals surface area contributed by atoms with E-state index >= 15 is 0 Å². The summed E-state index contributed by atoms with van der Waals surface area (Å²) in [7, 11) is 0. The Balaban J connectivity index is 1.35. The maximum absolute atomic E-state index is 14.0. The lowest BCUT2D eigenvalue weighted by atomic mass is 9.73. The molecule has 1 aromatic carbocycles. The normalized spacial score (nSPS) is 31.7. The molecule has 8 nitrogen and oxygen atoms in total. The first kappa shape index (κ1) is 26.6. The van der Waals surface area contributed by atoms with Crippen LogP contribution in [0.25, 0.3) is 11.0 Å². The first-order chi connectivity index (χ1) is 19.0. The molecule has 2 aromatic rings. The summed E-state index contributed by atoms with van der Waals surface area (Å²) in [6.07, 6.45) is 15.4. The van der Waals surface area contributed by atoms with Crippen LogP contribution in [0.3, 0.4) is 0 Å². The Kier molecular flexibility index (Phi) is 7.85. The Hall–Kier alpha value is -2.58. The highest BCUT2D eigenvalue weighted by Crippen LogP contribution is 2.47. The highest BCUT2D eigenvalue weighted by molar-refractivity contribution is 6.42. The van der Waals surface area contributed by atoms with Crippen molar-refractivity contribution >= 4 is 22.7 Å². The summed E-state index contributed by atoms with van der Waals surface area (Å²) in [5.74, 6) is 0.497. The van der Waals surface area contributed by atoms with E-state index in [1.165, 1.54) is 64.2 Å². The number of hydrogen-bond acceptors (Lipinski definition) is 6. The predicted octanol–water partition coefficient (Wildman–Crippen LogP) is 4.57. The third-order valence-corrected chi connectivity index (χ3v) is 9.95. The highest BCUT2D eigenvalue weighted by Gasteiger charge is 2.45. The number of aliphatic imine (C=N–C) groups is 1. The zero-order chi connectivity index (χ0) is 26.9. The van der Waals surface area contributed by atoms with Crippen LogP contribution in [0.2, 0.25) is 0 Å². The molecular weight excluding hydrogens is 492 g/mol. The molecule has 6 rings (SSSR count). The number of rotatable bonds is 7. The van der Waals surface area contributed by atoms with Crippen LogP contribution < -0.4 is 5.56 Å². The monoisotopic (exact) mass is 534 g/mol. The fourth-order valence-electron chi connectivity index (χ4n) is 8.48. The molecule has 0 amide bonds. The van der Waals surface area contributed by atoms with E-state index < -0.39 is 5.97 Å². The second kappa shape index (κ2) is 11.5. The summed E-state index contributed by atoms with van der Waals surface area (Å²) in [5, 5.41) is 19.1. The summed E-state index contributed by atoms with van der Waals surface area (Å²) in [6.45, 7) is 0.0492. The van der Waals surface area contributed by atoms with E-state index in [1.54, 1.807) is 0 Å². The summed E-state index contributed by atoms with van der Waals surface area (Å²) < 4.78 is 1.85. The van der Waals surface area contributed by atoms with Gasteiger partial charge in [-0.05, 0) is 75.3 Å². The molecule has 4 fully saturated rings. The number of aromatic nitrogens is 2. The van der Waals surface area contributed by atoms with Crippen molar-refractivity contribution in [3.63, 3.8) is 0 Å². The molecule has 6 atom stereocenters. The average molecular weight is 535 g/mol. The summed E-state index contributed by atoms with van der Waals surface area (Å²) in [4.78, 5) is 37.8. The van der Waals surface area contributed by atoms with Gasteiger partial charge in [0.25, 0.3) is 5.56 Å². The van der Waals surface area contributed by atoms with Gasteiger partial charge >= 0.3 is 5.97 Å². The smallest absolute Gasteiger partial charge is 0.356 e. The topological polar surface area (TPSA) is 108 Å². The zero-order valence-corrected chi connectivity index (χ0v) is 22.9. The largest absolute Gasteiger partial charge is 0.476 e. The quantitative estimate of drug-likeness (QED) is 0.398. The third-order valence-electron chi connectivity index (χ3n) is 9.95. The van der Waals surface area contributed by atoms with E-state index in [1.807, 2.05) is 28.8 Å². The molecule has 0 spiro atoms. The van der Waals surface area contributed by atoms with Crippen LogP contribution in [0.5, 0.6) is 0 Å². The number of carbonyl (C=O) groups is 1. The Morgan fingerprint density at radius 1 is 0.897 bits per heavy atom. The van der Waals surface area contributed by atoms with E-state index in [9.17, 15) is 14.7 Å². The van der Waals surface area contributed by atoms with Gasteiger partial charge in [-0.2, -0.15) is 0 Å². The van der Waals surface area contributed by atoms with E-state index in [0.717, 1.165) is 30.2 Å². The van der Waals surface area contributed by atoms with Crippen molar-refractivity contribution in [3.8, 4) is 0 Å². The van der Waals surface area contributed by atoms with Gasteiger partial charge in [0.2, 0.25) is 0 Å². The minimum absolute atomic E-state index is 0.00838. The molecule has 210 valence electrons. The first-order valence-corrected chi connectivity index (χ1v) is 15.2. The maximum atomic E-state index is 14.0. The summed E-state index contributed by atoms with van der Waals surface area (Å²) in [5.41, 5.74) is 0.622. The molecule has 4 bridgehead atoms. The summed E-state index contributed by atoms with van der Waals surface area (Å²) >= 11 is 0. The fourth-order valence-corrected chi connectivity index (χ4v) is 8.48. The fraction of sp³-hybridized carbons (Fsp3) is 0.677. The lowest BCUT2D eigenvalue weighted by molar-refractivity contribution is -0.129. The number of carboxylic acids is 1. The van der Waals surface area contributed by atoms with Crippen LogP contribution in [0.15, 0.2) is 34.1 Å². The molecule has 8 heteroatoms. The minimum Gasteiger partial charge on any atom is -0.476 e. The summed E-state index contributed by atoms with van der Waals surface area (Å²) in [6, 6.07) is 9.19. The van der Waals surface area contributed by atoms with Gasteiger partial charge in [-0.3, -0.25) is 14.7 Å². The van der Waals surface area contributed by atoms with Gasteiger partial charge < -0.3 is 14.8 Å². The van der Waals surface area contributed by atoms with Crippen molar-refractivity contribution in [3.05, 3.63) is 40.3 Å². The van der Waals surface area contributed by atoms with Crippen molar-refractivity contribution < 1.29 is 15.0 Å². The number of carboxylic acid groups (broad SMARTS) is 1. The average Bonchev–Trinajstić information content (AvgIpc) is 3.09. The second-order valence-corrected chi connectivity index (χ2v) is 12.4. The van der Waals surface area contributed by atoms with E-state index in [2.05, 4.69) is 14.9 Å². The zero-order valence-electron chi connectivity index (χ0n) is 22.9. The molecule has 3 heterocycles. The number of para-hydroxylation sites is 2. The molecule has 2 aliphatic carbocycles. The van der Waals surface area contributed by atoms with Crippen LogP contribution in [-0.4, -0.2) is 67.6 Å². The number of aliphatic hydroxyl groups is 1. The molecule has 2 saturated heterocycles. The van der Waals surface area contributed by atoms with Gasteiger partial charge in [0, 0.05) is 37.3 Å². The number of fused-ring (bicyclic) bond motifs is 5. The molecule has 0 radical (unpaired) electrons. The SMILES string of the molecule is O=C(O)/C(=N\CCCO)c1nc2ccccc2n([C@H]2C[C@H]3CCC[C@@H](C2)N3[C@@H]2C[C@@H]3CCCC[C@@H](C3)C2)c1=O. The molecule has 4 aliphatic rings. The van der Waals surface area contributed by atoms with Gasteiger partial charge in [0.15, 0.2) is 11.4 Å². The number of aliphatic carboxylic acids is 1. The van der Waals surface area contributed by atoms with E-state index in [-0.39, 0.29) is 36.2 Å². The van der Waals surface area contributed by atoms with Crippen LogP contribution in [0.1, 0.15) is 95.2 Å². The van der Waals surface area contributed by atoms with Crippen molar-refractivity contribution in [1.82, 2.24) is 14.5 Å². The number of piperidine rings is 2. The highest BCUT2D eigenvalue weighted by atomic mass is 16.4. The van der Waals surface area contributed by atoms with Crippen molar-refractivity contribution in [2.45, 2.75) is 108 Å². The molecule has 1 aromatic heterocycles. The number of hydrogen-bond donors (Lipinski definition) is 2. The van der Waals surface area contributed by atoms with Crippen LogP contribution in [0.4, 0.5) is 0 Å². The van der Waals surface area contributed by atoms with Gasteiger partial charge in [0.1, 0.15) is 0 Å². The Labute approximate surface area is 230 Å². The number of aliphatic hydroxyl groups excluding tert-OH is 1. The van der Waals surface area contributed by atoms with Gasteiger partial charge in [-0.25, -0.2) is 9.78 Å². The van der Waals surface area contributed by atoms with E-state index in [0.29, 0.717) is 30.1 Å². The molecular formula is C31H42N4O4. The standard InChI is InChI=1S/C31H42N4O4/c36-14-6-13-32-29(31(38)39)28-30(37)35(27-12-4-3-11-26(27)33-28)25-18-22-9-5-10-23(19-25)34(22)24-16-20-7-1-2-8-21(15-20)17-24/h3-4,11-12,20-25,36H,1-2,5-10,13-19H2,(H,38,39)/b32-29-/t20-,21+,22-,23+,24-,25+. The first-order valence-electron chi connectivity index (χ1n) is 15.2. The Bertz CT molecular complexity index is 1260. The number of nitrogens with zero attached hydrogens (tertiary/aromatic N) is 4. The predicted molar refractivity (Wildman–Crippen MR) is 151 cm³/mol. The van der Waals surface area contributed by atoms with Gasteiger partial charge in [0.05, 0.1) is 11.0 Å².